The zero-order valence-electron chi connectivity index (χ0n) is 14.7. The van der Waals surface area contributed by atoms with Gasteiger partial charge in [0.1, 0.15) is 0 Å². The van der Waals surface area contributed by atoms with E-state index in [-0.39, 0.29) is 5.92 Å². The lowest BCUT2D eigenvalue weighted by Gasteiger charge is -2.07. The normalized spacial score (nSPS) is 12.3. The van der Waals surface area contributed by atoms with Crippen molar-refractivity contribution in [3.05, 3.63) is 0 Å². The third-order valence-corrected chi connectivity index (χ3v) is 4.40. The van der Waals surface area contributed by atoms with Gasteiger partial charge in [0.2, 0.25) is 5.78 Å². The quantitative estimate of drug-likeness (QED) is 0.291. The molecule has 0 radical (unpaired) electrons. The van der Waals surface area contributed by atoms with Crippen LogP contribution in [-0.2, 0) is 9.59 Å². The van der Waals surface area contributed by atoms with Gasteiger partial charge in [-0.3, -0.25) is 4.79 Å². The number of hydrogen-bond donors (Lipinski definition) is 1. The maximum atomic E-state index is 11.2. The van der Waals surface area contributed by atoms with E-state index in [1.165, 1.54) is 70.6 Å². The van der Waals surface area contributed by atoms with Crippen molar-refractivity contribution in [2.24, 2.45) is 5.92 Å². The molecule has 1 unspecified atom stereocenters. The molecule has 1 N–H and O–H groups in total. The highest BCUT2D eigenvalue weighted by Gasteiger charge is 2.19. The Hall–Kier alpha value is -0.860. The summed E-state index contributed by atoms with van der Waals surface area (Å²) in [6, 6.07) is 0. The predicted octanol–water partition coefficient (Wildman–Crippen LogP) is 5.76. The van der Waals surface area contributed by atoms with Gasteiger partial charge in [0, 0.05) is 5.92 Å². The Bertz CT molecular complexity index is 286. The van der Waals surface area contributed by atoms with Crippen molar-refractivity contribution in [1.82, 2.24) is 0 Å². The van der Waals surface area contributed by atoms with Crippen molar-refractivity contribution in [2.75, 3.05) is 0 Å². The fourth-order valence-electron chi connectivity index (χ4n) is 2.81. The van der Waals surface area contributed by atoms with E-state index >= 15 is 0 Å². The monoisotopic (exact) mass is 312 g/mol. The second-order valence-electron chi connectivity index (χ2n) is 6.60. The summed E-state index contributed by atoms with van der Waals surface area (Å²) in [5, 5.41) is 8.61. The van der Waals surface area contributed by atoms with Crippen molar-refractivity contribution < 1.29 is 14.7 Å². The van der Waals surface area contributed by atoms with Gasteiger partial charge in [-0.25, -0.2) is 4.79 Å². The van der Waals surface area contributed by atoms with Crippen LogP contribution in [0.4, 0.5) is 0 Å². The van der Waals surface area contributed by atoms with Gasteiger partial charge in [-0.2, -0.15) is 0 Å². The Morgan fingerprint density at radius 2 is 1.09 bits per heavy atom. The molecule has 0 aromatic heterocycles. The summed E-state index contributed by atoms with van der Waals surface area (Å²) < 4.78 is 0. The first-order chi connectivity index (χ1) is 10.6. The topological polar surface area (TPSA) is 54.4 Å². The second kappa shape index (κ2) is 15.1. The molecule has 0 aliphatic heterocycles. The van der Waals surface area contributed by atoms with Crippen LogP contribution in [0.1, 0.15) is 104 Å². The minimum atomic E-state index is -1.29. The zero-order chi connectivity index (χ0) is 16.6. The molecule has 0 saturated carbocycles. The molecule has 0 fully saturated rings. The number of unbranched alkanes of at least 4 members (excludes halogenated alkanes) is 12. The van der Waals surface area contributed by atoms with Gasteiger partial charge >= 0.3 is 5.97 Å². The number of Topliss-reactive ketones (excluding diaryl/α,β-unsaturated/α-hetero) is 1. The summed E-state index contributed by atoms with van der Waals surface area (Å²) in [5.41, 5.74) is 0. The predicted molar refractivity (Wildman–Crippen MR) is 92.1 cm³/mol. The number of carboxylic acid groups (broad SMARTS) is 1. The van der Waals surface area contributed by atoms with E-state index in [9.17, 15) is 9.59 Å². The summed E-state index contributed by atoms with van der Waals surface area (Å²) >= 11 is 0. The smallest absolute Gasteiger partial charge is 0.372 e. The van der Waals surface area contributed by atoms with E-state index in [1.807, 2.05) is 0 Å². The Morgan fingerprint density at radius 1 is 0.727 bits per heavy atom. The lowest BCUT2D eigenvalue weighted by atomic mass is 9.98. The first kappa shape index (κ1) is 21.1. The fourth-order valence-corrected chi connectivity index (χ4v) is 2.81. The lowest BCUT2D eigenvalue weighted by Crippen LogP contribution is -2.20. The number of carbonyl (C=O) groups excluding carboxylic acids is 1. The molecule has 1 atom stereocenters. The molecule has 0 spiro atoms. The highest BCUT2D eigenvalue weighted by Crippen LogP contribution is 2.15. The van der Waals surface area contributed by atoms with Gasteiger partial charge in [0.25, 0.3) is 0 Å². The second-order valence-corrected chi connectivity index (χ2v) is 6.60. The molecule has 130 valence electrons. The van der Waals surface area contributed by atoms with E-state index in [0.29, 0.717) is 6.42 Å². The van der Waals surface area contributed by atoms with Gasteiger partial charge in [0.15, 0.2) is 0 Å². The summed E-state index contributed by atoms with van der Waals surface area (Å²) in [6.45, 7) is 3.97. The molecule has 0 aromatic rings. The maximum absolute atomic E-state index is 11.2. The first-order valence-corrected chi connectivity index (χ1v) is 9.36. The van der Waals surface area contributed by atoms with Crippen LogP contribution in [0.15, 0.2) is 0 Å². The molecule has 0 heterocycles. The van der Waals surface area contributed by atoms with E-state index in [1.54, 1.807) is 6.92 Å². The minimum absolute atomic E-state index is 0.329. The van der Waals surface area contributed by atoms with Crippen LogP contribution in [0.5, 0.6) is 0 Å². The van der Waals surface area contributed by atoms with E-state index in [2.05, 4.69) is 6.92 Å². The van der Waals surface area contributed by atoms with Crippen molar-refractivity contribution in [2.45, 2.75) is 104 Å². The van der Waals surface area contributed by atoms with Gasteiger partial charge in [-0.15, -0.1) is 0 Å². The molecule has 0 aromatic carbocycles. The van der Waals surface area contributed by atoms with Gasteiger partial charge in [-0.05, 0) is 6.42 Å². The van der Waals surface area contributed by atoms with E-state index in [0.717, 1.165) is 12.8 Å². The third kappa shape index (κ3) is 12.8. The zero-order valence-corrected chi connectivity index (χ0v) is 14.7. The Morgan fingerprint density at radius 3 is 1.45 bits per heavy atom. The maximum Gasteiger partial charge on any atom is 0.372 e. The average Bonchev–Trinajstić information content (AvgIpc) is 2.50. The largest absolute Gasteiger partial charge is 0.475 e. The van der Waals surface area contributed by atoms with Crippen molar-refractivity contribution in [3.63, 3.8) is 0 Å². The van der Waals surface area contributed by atoms with Crippen LogP contribution < -0.4 is 0 Å². The van der Waals surface area contributed by atoms with Crippen molar-refractivity contribution in [3.8, 4) is 0 Å². The lowest BCUT2D eigenvalue weighted by molar-refractivity contribution is -0.150. The standard InChI is InChI=1S/C19H36O3/c1-3-4-5-6-7-8-9-10-11-12-13-14-15-16-17(2)18(20)19(21)22/h17H,3-16H2,1-2H3,(H,21,22). The average molecular weight is 312 g/mol. The molecule has 0 aliphatic carbocycles. The van der Waals surface area contributed by atoms with Crippen molar-refractivity contribution in [1.29, 1.82) is 0 Å². The molecule has 0 amide bonds. The minimum Gasteiger partial charge on any atom is -0.475 e. The van der Waals surface area contributed by atoms with Crippen LogP contribution in [0, 0.1) is 5.92 Å². The number of carboxylic acids is 1. The highest BCUT2D eigenvalue weighted by atomic mass is 16.4. The molecule has 0 aliphatic rings. The highest BCUT2D eigenvalue weighted by molar-refractivity contribution is 6.33. The van der Waals surface area contributed by atoms with Crippen LogP contribution in [0.2, 0.25) is 0 Å². The van der Waals surface area contributed by atoms with Crippen LogP contribution in [0.25, 0.3) is 0 Å². The molecule has 0 rings (SSSR count). The van der Waals surface area contributed by atoms with Crippen LogP contribution in [-0.4, -0.2) is 16.9 Å². The molecule has 3 heteroatoms. The van der Waals surface area contributed by atoms with Gasteiger partial charge in [-0.1, -0.05) is 97.3 Å². The Labute approximate surface area is 136 Å². The summed E-state index contributed by atoms with van der Waals surface area (Å²) in [5.74, 6) is -2.26. The Balaban J connectivity index is 3.21. The molecular formula is C19H36O3. The first-order valence-electron chi connectivity index (χ1n) is 9.36. The molecular weight excluding hydrogens is 276 g/mol. The summed E-state index contributed by atoms with van der Waals surface area (Å²) in [7, 11) is 0. The van der Waals surface area contributed by atoms with Crippen LogP contribution >= 0.6 is 0 Å². The number of rotatable bonds is 16. The van der Waals surface area contributed by atoms with E-state index in [4.69, 9.17) is 5.11 Å². The summed E-state index contributed by atoms with van der Waals surface area (Å²) in [4.78, 5) is 21.7. The summed E-state index contributed by atoms with van der Waals surface area (Å²) in [6.07, 6.45) is 17.6. The van der Waals surface area contributed by atoms with E-state index < -0.39 is 11.8 Å². The SMILES string of the molecule is CCCCCCCCCCCCCCCC(C)C(=O)C(=O)O. The number of aliphatic carboxylic acids is 1. The third-order valence-electron chi connectivity index (χ3n) is 4.40. The molecule has 0 saturated heterocycles. The number of hydrogen-bond acceptors (Lipinski definition) is 2. The number of ketones is 1. The molecule has 22 heavy (non-hydrogen) atoms. The van der Waals surface area contributed by atoms with Crippen molar-refractivity contribution >= 4 is 11.8 Å². The van der Waals surface area contributed by atoms with Gasteiger partial charge < -0.3 is 5.11 Å². The number of carbonyl (C=O) groups is 2. The fraction of sp³-hybridized carbons (Fsp3) is 0.895. The van der Waals surface area contributed by atoms with Crippen LogP contribution in [0.3, 0.4) is 0 Å². The molecule has 0 bridgehead atoms. The Kier molecular flexibility index (Phi) is 14.5. The molecule has 3 nitrogen and oxygen atoms in total. The van der Waals surface area contributed by atoms with Gasteiger partial charge in [0.05, 0.1) is 0 Å².